The van der Waals surface area contributed by atoms with Gasteiger partial charge in [-0.3, -0.25) is 0 Å². The summed E-state index contributed by atoms with van der Waals surface area (Å²) < 4.78 is 1.89. The van der Waals surface area contributed by atoms with Crippen molar-refractivity contribution >= 4 is 53.8 Å². The molecule has 179 valence electrons. The van der Waals surface area contributed by atoms with Crippen molar-refractivity contribution in [3.05, 3.63) is 60.0 Å². The maximum atomic E-state index is 6.81. The number of H-pyrrole nitrogens is 1. The van der Waals surface area contributed by atoms with Gasteiger partial charge in [-0.25, -0.2) is 0 Å². The summed E-state index contributed by atoms with van der Waals surface area (Å²) in [5.74, 6) is 0.848. The number of aromatic amines is 1. The fourth-order valence-electron chi connectivity index (χ4n) is 5.18. The van der Waals surface area contributed by atoms with Crippen LogP contribution < -0.4 is 4.48 Å². The number of halogens is 1. The first-order valence-corrected chi connectivity index (χ1v) is 14.8. The Morgan fingerprint density at radius 3 is 2.75 bits per heavy atom. The number of hydrogen-bond acceptors (Lipinski definition) is 6. The van der Waals surface area contributed by atoms with Gasteiger partial charge in [-0.05, 0) is 0 Å². The molecule has 0 spiro atoms. The summed E-state index contributed by atoms with van der Waals surface area (Å²) >= 11 is 6.73. The number of rotatable bonds is 6. The van der Waals surface area contributed by atoms with Gasteiger partial charge < -0.3 is 0 Å². The van der Waals surface area contributed by atoms with Gasteiger partial charge in [0.05, 0.1) is 0 Å². The molecular weight excluding hydrogens is 533 g/mol. The van der Waals surface area contributed by atoms with Crippen LogP contribution in [0.3, 0.4) is 0 Å². The van der Waals surface area contributed by atoms with Crippen LogP contribution in [0, 0.1) is 5.92 Å². The van der Waals surface area contributed by atoms with Gasteiger partial charge >= 0.3 is 221 Å². The number of likely N-dealkylation sites (tertiary alicyclic amines) is 1. The van der Waals surface area contributed by atoms with Gasteiger partial charge in [0, 0.05) is 0 Å². The molecule has 7 nitrogen and oxygen atoms in total. The average molecular weight is 557 g/mol. The monoisotopic (exact) mass is 556 g/mol. The number of pyridine rings is 2. The van der Waals surface area contributed by atoms with Crippen molar-refractivity contribution in [2.24, 2.45) is 5.92 Å². The predicted octanol–water partition coefficient (Wildman–Crippen LogP) is 4.52. The van der Waals surface area contributed by atoms with Crippen LogP contribution in [0.1, 0.15) is 19.3 Å². The molecule has 0 amide bonds. The third-order valence-electron chi connectivity index (χ3n) is 7.29. The Morgan fingerprint density at radius 1 is 1.03 bits per heavy atom. The van der Waals surface area contributed by atoms with Crippen LogP contribution in [-0.4, -0.2) is 70.4 Å². The van der Waals surface area contributed by atoms with Gasteiger partial charge in [-0.2, -0.15) is 0 Å². The van der Waals surface area contributed by atoms with Crippen LogP contribution in [0.4, 0.5) is 0 Å². The summed E-state index contributed by atoms with van der Waals surface area (Å²) in [6, 6.07) is 13.9. The summed E-state index contributed by atoms with van der Waals surface area (Å²) in [5, 5.41) is 10.4. The number of aromatic nitrogens is 6. The topological polar surface area (TPSA) is 83.5 Å². The Labute approximate surface area is 220 Å². The number of nitrogens with zero attached hydrogens (tertiary/aromatic N) is 6. The zero-order valence-corrected chi connectivity index (χ0v) is 22.2. The fourth-order valence-corrected chi connectivity index (χ4v) is 8.83. The summed E-state index contributed by atoms with van der Waals surface area (Å²) in [5.41, 5.74) is 4.99. The van der Waals surface area contributed by atoms with Gasteiger partial charge in [-0.15, -0.1) is 0 Å². The average Bonchev–Trinajstić information content (AvgIpc) is 3.29. The van der Waals surface area contributed by atoms with E-state index in [-0.39, 0.29) is 15.8 Å². The Balaban J connectivity index is 1.22. The molecule has 1 aliphatic heterocycles. The van der Waals surface area contributed by atoms with E-state index < -0.39 is 0 Å². The Kier molecular flexibility index (Phi) is 5.72. The molecule has 1 saturated carbocycles. The number of fused-ring (bicyclic) bond motifs is 2. The molecule has 0 unspecified atom stereocenters. The van der Waals surface area contributed by atoms with E-state index in [9.17, 15) is 0 Å². The van der Waals surface area contributed by atoms with E-state index in [1.807, 2.05) is 42.5 Å². The van der Waals surface area contributed by atoms with Crippen molar-refractivity contribution in [2.75, 3.05) is 19.6 Å². The molecule has 5 heterocycles. The van der Waals surface area contributed by atoms with E-state index >= 15 is 0 Å². The minimum absolute atomic E-state index is 0.0756. The molecule has 7 rings (SSSR count). The molecule has 9 heteroatoms. The molecular formula is C27H24AsClN7. The van der Waals surface area contributed by atoms with Crippen LogP contribution >= 0.6 is 11.6 Å². The molecule has 0 atom stereocenters. The van der Waals surface area contributed by atoms with Gasteiger partial charge in [0.25, 0.3) is 0 Å². The number of benzene rings is 1. The van der Waals surface area contributed by atoms with E-state index in [1.165, 1.54) is 38.9 Å². The number of hydrogen-bond donors (Lipinski definition) is 1. The zero-order chi connectivity index (χ0) is 24.1. The molecule has 2 aliphatic rings. The predicted molar refractivity (Wildman–Crippen MR) is 144 cm³/mol. The van der Waals surface area contributed by atoms with Crippen molar-refractivity contribution in [1.29, 1.82) is 0 Å². The third-order valence-corrected chi connectivity index (χ3v) is 10.5. The molecule has 36 heavy (non-hydrogen) atoms. The zero-order valence-electron chi connectivity index (χ0n) is 19.6. The van der Waals surface area contributed by atoms with Crippen molar-refractivity contribution in [2.45, 2.75) is 24.0 Å². The van der Waals surface area contributed by atoms with Crippen molar-refractivity contribution in [3.8, 4) is 22.6 Å². The molecule has 2 fully saturated rings. The molecule has 1 aliphatic carbocycles. The second-order valence-corrected chi connectivity index (χ2v) is 13.1. The second-order valence-electron chi connectivity index (χ2n) is 9.71. The third kappa shape index (κ3) is 4.09. The molecule has 1 radical (unpaired) electrons. The molecule has 5 aromatic rings. The molecule has 1 saturated heterocycles. The van der Waals surface area contributed by atoms with E-state index in [4.69, 9.17) is 21.6 Å². The Hall–Kier alpha value is -2.86. The van der Waals surface area contributed by atoms with E-state index in [2.05, 4.69) is 25.1 Å². The SMILES string of the molecule is Clc1cc2ccc(-c3ccccn3)nc2cc1-c1[nH]nc2ncnc([As]C3CC(CN4CCC4)C3)c12. The first-order valence-electron chi connectivity index (χ1n) is 12.4. The first-order chi connectivity index (χ1) is 17.7. The van der Waals surface area contributed by atoms with Gasteiger partial charge in [0.15, 0.2) is 0 Å². The van der Waals surface area contributed by atoms with Crippen molar-refractivity contribution < 1.29 is 0 Å². The normalized spacial score (nSPS) is 20.2. The minimum atomic E-state index is -0.0756. The quantitative estimate of drug-likeness (QED) is 0.310. The van der Waals surface area contributed by atoms with Crippen molar-refractivity contribution in [3.63, 3.8) is 0 Å². The van der Waals surface area contributed by atoms with E-state index in [1.54, 1.807) is 12.5 Å². The second kappa shape index (κ2) is 9.22. The van der Waals surface area contributed by atoms with Crippen LogP contribution in [-0.2, 0) is 0 Å². The summed E-state index contributed by atoms with van der Waals surface area (Å²) in [6.45, 7) is 3.84. The summed E-state index contributed by atoms with van der Waals surface area (Å²) in [7, 11) is 0. The summed E-state index contributed by atoms with van der Waals surface area (Å²) in [4.78, 5) is 21.1. The van der Waals surface area contributed by atoms with Crippen LogP contribution in [0.5, 0.6) is 0 Å². The van der Waals surface area contributed by atoms with Gasteiger partial charge in [0.2, 0.25) is 0 Å². The Morgan fingerprint density at radius 2 is 1.94 bits per heavy atom. The van der Waals surface area contributed by atoms with Crippen LogP contribution in [0.2, 0.25) is 9.73 Å². The fraction of sp³-hybridized carbons (Fsp3) is 0.296. The molecule has 4 aromatic heterocycles. The van der Waals surface area contributed by atoms with Gasteiger partial charge in [-0.1, -0.05) is 0 Å². The first kappa shape index (κ1) is 22.3. The standard InChI is InChI=1S/C27H24AsClN7/c29-20-12-17-5-6-22(21-4-1-2-7-30-21)33-23(17)13-19(20)25-24-26(31-15-32-27(24)35-34-25)28-18-10-16(11-18)14-36-8-3-9-36/h1-2,4-7,12-13,15-16,18H,3,8-11,14H2,(H,31,32,34,35). The van der Waals surface area contributed by atoms with E-state index in [0.29, 0.717) is 10.7 Å². The number of nitrogens with one attached hydrogen (secondary N) is 1. The van der Waals surface area contributed by atoms with Crippen LogP contribution in [0.15, 0.2) is 55.0 Å². The van der Waals surface area contributed by atoms with E-state index in [0.717, 1.165) is 54.0 Å². The maximum absolute atomic E-state index is 6.81. The molecule has 0 bridgehead atoms. The van der Waals surface area contributed by atoms with Crippen LogP contribution in [0.25, 0.3) is 44.6 Å². The van der Waals surface area contributed by atoms with Gasteiger partial charge in [0.1, 0.15) is 0 Å². The Bertz CT molecular complexity index is 1560. The summed E-state index contributed by atoms with van der Waals surface area (Å²) in [6.07, 6.45) is 7.42. The molecule has 1 N–H and O–H groups in total. The van der Waals surface area contributed by atoms with Crippen molar-refractivity contribution in [1.82, 2.24) is 35.0 Å². The molecule has 1 aromatic carbocycles.